The summed E-state index contributed by atoms with van der Waals surface area (Å²) in [6.45, 7) is 7.21. The molecule has 0 bridgehead atoms. The second kappa shape index (κ2) is 6.39. The highest BCUT2D eigenvalue weighted by Gasteiger charge is 2.26. The van der Waals surface area contributed by atoms with Crippen LogP contribution in [0.3, 0.4) is 0 Å². The second-order valence-electron chi connectivity index (χ2n) is 6.69. The van der Waals surface area contributed by atoms with E-state index in [1.54, 1.807) is 0 Å². The van der Waals surface area contributed by atoms with Crippen LogP contribution in [0.2, 0.25) is 0 Å². The van der Waals surface area contributed by atoms with Crippen LogP contribution >= 0.6 is 0 Å². The SMILES string of the molecule is CC1CCCN1c1ncc(N2CCNCC2)c(-c2nccn2C)n1. The number of hydrogen-bond donors (Lipinski definition) is 1. The molecule has 0 spiro atoms. The Morgan fingerprint density at radius 2 is 2.00 bits per heavy atom. The number of nitrogens with one attached hydrogen (secondary N) is 1. The number of rotatable bonds is 3. The molecule has 2 aliphatic rings. The summed E-state index contributed by atoms with van der Waals surface area (Å²) in [4.78, 5) is 18.9. The number of aryl methyl sites for hydroxylation is 1. The predicted molar refractivity (Wildman–Crippen MR) is 95.4 cm³/mol. The second-order valence-corrected chi connectivity index (χ2v) is 6.69. The number of aromatic nitrogens is 4. The van der Waals surface area contributed by atoms with E-state index in [9.17, 15) is 0 Å². The Balaban J connectivity index is 1.77. The highest BCUT2D eigenvalue weighted by Crippen LogP contribution is 2.31. The van der Waals surface area contributed by atoms with E-state index in [-0.39, 0.29) is 0 Å². The smallest absolute Gasteiger partial charge is 0.226 e. The van der Waals surface area contributed by atoms with Gasteiger partial charge < -0.3 is 19.7 Å². The summed E-state index contributed by atoms with van der Waals surface area (Å²) in [7, 11) is 2.02. The van der Waals surface area contributed by atoms with Gasteiger partial charge in [0.05, 0.1) is 11.9 Å². The molecule has 2 aromatic rings. The van der Waals surface area contributed by atoms with Crippen LogP contribution < -0.4 is 15.1 Å². The third-order valence-corrected chi connectivity index (χ3v) is 5.06. The number of nitrogens with zero attached hydrogens (tertiary/aromatic N) is 6. The van der Waals surface area contributed by atoms with E-state index in [2.05, 4.69) is 27.0 Å². The minimum Gasteiger partial charge on any atom is -0.366 e. The molecule has 0 aliphatic carbocycles. The molecule has 0 radical (unpaired) electrons. The maximum absolute atomic E-state index is 4.95. The largest absolute Gasteiger partial charge is 0.366 e. The first-order valence-electron chi connectivity index (χ1n) is 8.81. The lowest BCUT2D eigenvalue weighted by atomic mass is 10.2. The number of piperazine rings is 1. The normalized spacial score (nSPS) is 21.5. The van der Waals surface area contributed by atoms with E-state index in [0.717, 1.165) is 55.9 Å². The van der Waals surface area contributed by atoms with Crippen LogP contribution in [0.1, 0.15) is 19.8 Å². The third-order valence-electron chi connectivity index (χ3n) is 5.06. The maximum atomic E-state index is 4.95. The van der Waals surface area contributed by atoms with Gasteiger partial charge in [-0.2, -0.15) is 0 Å². The Labute approximate surface area is 142 Å². The molecule has 4 heterocycles. The molecule has 2 aromatic heterocycles. The molecule has 1 atom stereocenters. The first kappa shape index (κ1) is 15.4. The van der Waals surface area contributed by atoms with Gasteiger partial charge in [0, 0.05) is 58.2 Å². The molecule has 2 aliphatic heterocycles. The predicted octanol–water partition coefficient (Wildman–Crippen LogP) is 1.28. The molecule has 0 aromatic carbocycles. The Hall–Kier alpha value is -2.15. The lowest BCUT2D eigenvalue weighted by molar-refractivity contribution is 0.588. The molecule has 0 amide bonds. The van der Waals surface area contributed by atoms with Crippen molar-refractivity contribution in [3.8, 4) is 11.5 Å². The molecule has 4 rings (SSSR count). The maximum Gasteiger partial charge on any atom is 0.226 e. The van der Waals surface area contributed by atoms with Crippen LogP contribution in [-0.2, 0) is 7.05 Å². The molecule has 2 fully saturated rings. The summed E-state index contributed by atoms with van der Waals surface area (Å²) in [5.41, 5.74) is 2.02. The molecule has 2 saturated heterocycles. The summed E-state index contributed by atoms with van der Waals surface area (Å²) in [5.74, 6) is 1.73. The zero-order valence-electron chi connectivity index (χ0n) is 14.4. The van der Waals surface area contributed by atoms with Gasteiger partial charge in [-0.1, -0.05) is 0 Å². The first-order chi connectivity index (χ1) is 11.7. The fourth-order valence-electron chi connectivity index (χ4n) is 3.63. The molecule has 7 heteroatoms. The number of hydrogen-bond acceptors (Lipinski definition) is 6. The third kappa shape index (κ3) is 2.73. The number of anilines is 2. The van der Waals surface area contributed by atoms with Crippen LogP contribution in [-0.4, -0.2) is 58.3 Å². The zero-order chi connectivity index (χ0) is 16.5. The van der Waals surface area contributed by atoms with Gasteiger partial charge >= 0.3 is 0 Å². The van der Waals surface area contributed by atoms with Crippen molar-refractivity contribution >= 4 is 11.6 Å². The van der Waals surface area contributed by atoms with Crippen molar-refractivity contribution < 1.29 is 0 Å². The highest BCUT2D eigenvalue weighted by atomic mass is 15.3. The van der Waals surface area contributed by atoms with Crippen LogP contribution in [0, 0.1) is 0 Å². The van der Waals surface area contributed by atoms with E-state index in [1.807, 2.05) is 30.2 Å². The van der Waals surface area contributed by atoms with Gasteiger partial charge in [-0.15, -0.1) is 0 Å². The van der Waals surface area contributed by atoms with Crippen molar-refractivity contribution in [1.82, 2.24) is 24.8 Å². The molecule has 1 unspecified atom stereocenters. The van der Waals surface area contributed by atoms with Gasteiger partial charge in [0.15, 0.2) is 5.82 Å². The summed E-state index contributed by atoms with van der Waals surface area (Å²) >= 11 is 0. The van der Waals surface area contributed by atoms with Crippen LogP contribution in [0.4, 0.5) is 11.6 Å². The van der Waals surface area contributed by atoms with E-state index in [1.165, 1.54) is 12.8 Å². The molecule has 7 nitrogen and oxygen atoms in total. The van der Waals surface area contributed by atoms with Gasteiger partial charge in [0.2, 0.25) is 5.95 Å². The molecule has 24 heavy (non-hydrogen) atoms. The Morgan fingerprint density at radius 1 is 1.17 bits per heavy atom. The van der Waals surface area contributed by atoms with Gasteiger partial charge in [-0.05, 0) is 19.8 Å². The summed E-state index contributed by atoms with van der Waals surface area (Å²) < 4.78 is 2.03. The standard InChI is InChI=1S/C17H25N7/c1-13-4-3-8-24(13)17-20-12-14(23-10-5-18-6-11-23)15(21-17)16-19-7-9-22(16)2/h7,9,12-13,18H,3-6,8,10-11H2,1-2H3. The minimum absolute atomic E-state index is 0.504. The molecule has 1 N–H and O–H groups in total. The fraction of sp³-hybridized carbons (Fsp3) is 0.588. The Morgan fingerprint density at radius 3 is 2.67 bits per heavy atom. The Kier molecular flexibility index (Phi) is 4.10. The molecular formula is C17H25N7. The van der Waals surface area contributed by atoms with Gasteiger partial charge in [0.1, 0.15) is 5.69 Å². The van der Waals surface area contributed by atoms with Gasteiger partial charge in [-0.25, -0.2) is 15.0 Å². The summed E-state index contributed by atoms with van der Waals surface area (Å²) in [6, 6.07) is 0.504. The van der Waals surface area contributed by atoms with E-state index in [4.69, 9.17) is 9.97 Å². The Bertz CT molecular complexity index is 705. The van der Waals surface area contributed by atoms with Crippen molar-refractivity contribution in [3.05, 3.63) is 18.6 Å². The monoisotopic (exact) mass is 327 g/mol. The quantitative estimate of drug-likeness (QED) is 0.916. The van der Waals surface area contributed by atoms with E-state index in [0.29, 0.717) is 6.04 Å². The van der Waals surface area contributed by atoms with Gasteiger partial charge in [-0.3, -0.25) is 0 Å². The van der Waals surface area contributed by atoms with Crippen molar-refractivity contribution in [2.45, 2.75) is 25.8 Å². The minimum atomic E-state index is 0.504. The van der Waals surface area contributed by atoms with Crippen molar-refractivity contribution in [2.75, 3.05) is 42.5 Å². The lowest BCUT2D eigenvalue weighted by Crippen LogP contribution is -2.44. The topological polar surface area (TPSA) is 62.1 Å². The summed E-state index contributed by atoms with van der Waals surface area (Å²) in [5, 5.41) is 3.40. The molecule has 128 valence electrons. The van der Waals surface area contributed by atoms with Crippen molar-refractivity contribution in [2.24, 2.45) is 7.05 Å². The van der Waals surface area contributed by atoms with E-state index >= 15 is 0 Å². The van der Waals surface area contributed by atoms with Crippen LogP contribution in [0.15, 0.2) is 18.6 Å². The van der Waals surface area contributed by atoms with Crippen LogP contribution in [0.5, 0.6) is 0 Å². The fourth-order valence-corrected chi connectivity index (χ4v) is 3.63. The average Bonchev–Trinajstić information content (AvgIpc) is 3.23. The van der Waals surface area contributed by atoms with Crippen LogP contribution in [0.25, 0.3) is 11.5 Å². The lowest BCUT2D eigenvalue weighted by Gasteiger charge is -2.31. The first-order valence-corrected chi connectivity index (χ1v) is 8.81. The molecule has 0 saturated carbocycles. The van der Waals surface area contributed by atoms with E-state index < -0.39 is 0 Å². The van der Waals surface area contributed by atoms with Gasteiger partial charge in [0.25, 0.3) is 0 Å². The highest BCUT2D eigenvalue weighted by molar-refractivity contribution is 5.71. The zero-order valence-corrected chi connectivity index (χ0v) is 14.4. The van der Waals surface area contributed by atoms with Crippen molar-refractivity contribution in [1.29, 1.82) is 0 Å². The average molecular weight is 327 g/mol. The number of imidazole rings is 1. The molecular weight excluding hydrogens is 302 g/mol. The summed E-state index contributed by atoms with van der Waals surface area (Å²) in [6.07, 6.45) is 8.21. The van der Waals surface area contributed by atoms with Crippen molar-refractivity contribution in [3.63, 3.8) is 0 Å².